The fraction of sp³-hybridized carbons (Fsp3) is 0. The van der Waals surface area contributed by atoms with Crippen LogP contribution in [0.2, 0.25) is 0 Å². The van der Waals surface area contributed by atoms with Crippen molar-refractivity contribution in [1.82, 2.24) is 0 Å². The molecular weight excluding hydrogens is 520 g/mol. The number of fused-ring (bicyclic) bond motifs is 4. The molecule has 0 aromatic heterocycles. The fourth-order valence-corrected chi connectivity index (χ4v) is 6.94. The smallest absolute Gasteiger partial charge is 0.136 e. The predicted octanol–water partition coefficient (Wildman–Crippen LogP) is 11.9. The summed E-state index contributed by atoms with van der Waals surface area (Å²) in [5.41, 5.74) is 9.71. The van der Waals surface area contributed by atoms with Gasteiger partial charge >= 0.3 is 0 Å². The Hall–Kier alpha value is -5.66. The van der Waals surface area contributed by atoms with Crippen molar-refractivity contribution < 1.29 is 4.74 Å². The first-order valence-electron chi connectivity index (χ1n) is 14.8. The van der Waals surface area contributed by atoms with Crippen LogP contribution >= 0.6 is 0 Å². The highest BCUT2D eigenvalue weighted by molar-refractivity contribution is 6.22. The highest BCUT2D eigenvalue weighted by atomic mass is 16.5. The number of benzene rings is 8. The number of para-hydroxylation sites is 1. The summed E-state index contributed by atoms with van der Waals surface area (Å²) < 4.78 is 6.58. The van der Waals surface area contributed by atoms with Gasteiger partial charge in [-0.1, -0.05) is 140 Å². The zero-order chi connectivity index (χ0) is 28.3. The van der Waals surface area contributed by atoms with Crippen LogP contribution in [0.3, 0.4) is 0 Å². The SMILES string of the molecule is c1ccc(-c2ccc(-c3c4ccccc4c(-c4cc5c6c(cccc6c4)-c4ccccc4O5)c4ccccc34)cc2)cc1. The lowest BCUT2D eigenvalue weighted by Gasteiger charge is -2.23. The zero-order valence-corrected chi connectivity index (χ0v) is 23.4. The second-order valence-corrected chi connectivity index (χ2v) is 11.3. The van der Waals surface area contributed by atoms with Crippen molar-refractivity contribution in [3.63, 3.8) is 0 Å². The third-order valence-electron chi connectivity index (χ3n) is 8.84. The normalized spacial score (nSPS) is 11.9. The summed E-state index contributed by atoms with van der Waals surface area (Å²) in [4.78, 5) is 0. The number of ether oxygens (including phenoxy) is 1. The van der Waals surface area contributed by atoms with Gasteiger partial charge in [-0.15, -0.1) is 0 Å². The van der Waals surface area contributed by atoms with Crippen LogP contribution in [0.25, 0.3) is 76.8 Å². The molecule has 1 heteroatoms. The van der Waals surface area contributed by atoms with E-state index in [2.05, 4.69) is 152 Å². The molecule has 200 valence electrons. The van der Waals surface area contributed by atoms with Gasteiger partial charge in [0.2, 0.25) is 0 Å². The van der Waals surface area contributed by atoms with Crippen molar-refractivity contribution in [2.45, 2.75) is 0 Å². The molecule has 0 N–H and O–H groups in total. The van der Waals surface area contributed by atoms with Crippen LogP contribution in [0.15, 0.2) is 158 Å². The van der Waals surface area contributed by atoms with E-state index in [0.717, 1.165) is 22.6 Å². The van der Waals surface area contributed by atoms with Gasteiger partial charge in [0.15, 0.2) is 0 Å². The van der Waals surface area contributed by atoms with Gasteiger partial charge in [0.05, 0.1) is 0 Å². The predicted molar refractivity (Wildman–Crippen MR) is 181 cm³/mol. The van der Waals surface area contributed by atoms with Gasteiger partial charge in [-0.2, -0.15) is 0 Å². The number of hydrogen-bond acceptors (Lipinski definition) is 1. The Labute approximate surface area is 250 Å². The zero-order valence-electron chi connectivity index (χ0n) is 23.4. The molecule has 9 rings (SSSR count). The first-order chi connectivity index (χ1) is 21.3. The van der Waals surface area contributed by atoms with Crippen LogP contribution in [0, 0.1) is 0 Å². The van der Waals surface area contributed by atoms with E-state index >= 15 is 0 Å². The minimum atomic E-state index is 0.906. The molecule has 8 aromatic carbocycles. The summed E-state index contributed by atoms with van der Waals surface area (Å²) >= 11 is 0. The minimum absolute atomic E-state index is 0.906. The van der Waals surface area contributed by atoms with E-state index in [1.54, 1.807) is 0 Å². The van der Waals surface area contributed by atoms with Crippen LogP contribution in [-0.4, -0.2) is 0 Å². The Morgan fingerprint density at radius 3 is 1.56 bits per heavy atom. The van der Waals surface area contributed by atoms with Gasteiger partial charge < -0.3 is 4.74 Å². The molecule has 43 heavy (non-hydrogen) atoms. The number of rotatable bonds is 3. The lowest BCUT2D eigenvalue weighted by molar-refractivity contribution is 0.487. The molecule has 0 fully saturated rings. The topological polar surface area (TPSA) is 9.23 Å². The molecule has 1 heterocycles. The average molecular weight is 547 g/mol. The highest BCUT2D eigenvalue weighted by Gasteiger charge is 2.22. The first kappa shape index (κ1) is 24.0. The summed E-state index contributed by atoms with van der Waals surface area (Å²) in [5.74, 6) is 1.82. The van der Waals surface area contributed by atoms with Crippen LogP contribution in [0.5, 0.6) is 11.5 Å². The van der Waals surface area contributed by atoms with E-state index in [-0.39, 0.29) is 0 Å². The Kier molecular flexibility index (Phi) is 5.27. The third kappa shape index (κ3) is 3.72. The molecule has 1 aliphatic heterocycles. The summed E-state index contributed by atoms with van der Waals surface area (Å²) in [5, 5.41) is 7.33. The molecule has 0 unspecified atom stereocenters. The van der Waals surface area contributed by atoms with E-state index in [4.69, 9.17) is 4.74 Å². The van der Waals surface area contributed by atoms with Crippen LogP contribution in [-0.2, 0) is 0 Å². The molecule has 0 atom stereocenters. The molecule has 0 bridgehead atoms. The molecule has 0 radical (unpaired) electrons. The fourth-order valence-electron chi connectivity index (χ4n) is 6.94. The number of hydrogen-bond donors (Lipinski definition) is 0. The Morgan fingerprint density at radius 2 is 0.860 bits per heavy atom. The minimum Gasteiger partial charge on any atom is -0.456 e. The highest BCUT2D eigenvalue weighted by Crippen LogP contribution is 2.50. The molecule has 0 amide bonds. The van der Waals surface area contributed by atoms with Crippen molar-refractivity contribution in [3.05, 3.63) is 158 Å². The molecular formula is C42H26O. The van der Waals surface area contributed by atoms with E-state index in [1.807, 2.05) is 6.07 Å². The van der Waals surface area contributed by atoms with Crippen molar-refractivity contribution in [3.8, 4) is 56.0 Å². The molecule has 1 nitrogen and oxygen atoms in total. The van der Waals surface area contributed by atoms with Gasteiger partial charge in [-0.3, -0.25) is 0 Å². The van der Waals surface area contributed by atoms with Crippen LogP contribution in [0.1, 0.15) is 0 Å². The maximum atomic E-state index is 6.58. The molecule has 0 saturated carbocycles. The average Bonchev–Trinajstić information content (AvgIpc) is 3.07. The Bertz CT molecular complexity index is 2290. The maximum absolute atomic E-state index is 6.58. The van der Waals surface area contributed by atoms with Gasteiger partial charge in [0.25, 0.3) is 0 Å². The summed E-state index contributed by atoms with van der Waals surface area (Å²) in [7, 11) is 0. The second kappa shape index (κ2) is 9.44. The Morgan fingerprint density at radius 1 is 0.326 bits per heavy atom. The summed E-state index contributed by atoms with van der Waals surface area (Å²) in [6.45, 7) is 0. The van der Waals surface area contributed by atoms with Crippen LogP contribution < -0.4 is 4.74 Å². The standard InChI is InChI=1S/C42H26O/c1-2-11-27(12-3-1)28-21-23-29(24-22-28)40-34-15-4-6-17-36(34)41(37-18-7-5-16-35(37)40)31-25-30-13-10-19-33-32-14-8-9-20-38(32)43-39(26-31)42(30)33/h1-26H. The van der Waals surface area contributed by atoms with E-state index < -0.39 is 0 Å². The van der Waals surface area contributed by atoms with E-state index in [1.165, 1.54) is 65.7 Å². The van der Waals surface area contributed by atoms with Gasteiger partial charge in [-0.05, 0) is 84.1 Å². The van der Waals surface area contributed by atoms with Gasteiger partial charge in [0, 0.05) is 10.9 Å². The first-order valence-corrected chi connectivity index (χ1v) is 14.8. The van der Waals surface area contributed by atoms with Crippen LogP contribution in [0.4, 0.5) is 0 Å². The Balaban J connectivity index is 1.30. The maximum Gasteiger partial charge on any atom is 0.136 e. The monoisotopic (exact) mass is 546 g/mol. The second-order valence-electron chi connectivity index (χ2n) is 11.3. The van der Waals surface area contributed by atoms with Crippen molar-refractivity contribution in [2.75, 3.05) is 0 Å². The lowest BCUT2D eigenvalue weighted by Crippen LogP contribution is -1.98. The van der Waals surface area contributed by atoms with Crippen molar-refractivity contribution in [2.24, 2.45) is 0 Å². The summed E-state index contributed by atoms with van der Waals surface area (Å²) in [6, 6.07) is 56.7. The van der Waals surface area contributed by atoms with E-state index in [0.29, 0.717) is 0 Å². The molecule has 8 aromatic rings. The molecule has 0 saturated heterocycles. The van der Waals surface area contributed by atoms with E-state index in [9.17, 15) is 0 Å². The van der Waals surface area contributed by atoms with Gasteiger partial charge in [-0.25, -0.2) is 0 Å². The largest absolute Gasteiger partial charge is 0.456 e. The summed E-state index contributed by atoms with van der Waals surface area (Å²) in [6.07, 6.45) is 0. The quantitative estimate of drug-likeness (QED) is 0.200. The van der Waals surface area contributed by atoms with Crippen molar-refractivity contribution in [1.29, 1.82) is 0 Å². The van der Waals surface area contributed by atoms with Crippen molar-refractivity contribution >= 4 is 32.3 Å². The molecule has 0 aliphatic carbocycles. The third-order valence-corrected chi connectivity index (χ3v) is 8.84. The van der Waals surface area contributed by atoms with Gasteiger partial charge in [0.1, 0.15) is 11.5 Å². The lowest BCUT2D eigenvalue weighted by atomic mass is 9.84. The molecule has 0 spiro atoms. The molecule has 1 aliphatic rings.